The minimum Gasteiger partial charge on any atom is -0.448 e. The van der Waals surface area contributed by atoms with Crippen LogP contribution in [0.1, 0.15) is 58.9 Å². The number of hydrogen-bond donors (Lipinski definition) is 0. The van der Waals surface area contributed by atoms with Gasteiger partial charge in [-0.2, -0.15) is 13.2 Å². The maximum Gasteiger partial charge on any atom is 0.416 e. The Hall–Kier alpha value is -2.93. The molecule has 0 N–H and O–H groups in total. The molecule has 0 aliphatic rings. The Bertz CT molecular complexity index is 928. The van der Waals surface area contributed by atoms with Crippen LogP contribution in [0.4, 0.5) is 13.2 Å². The molecule has 1 aromatic rings. The van der Waals surface area contributed by atoms with E-state index in [0.717, 1.165) is 49.0 Å². The van der Waals surface area contributed by atoms with E-state index in [1.54, 1.807) is 0 Å². The summed E-state index contributed by atoms with van der Waals surface area (Å²) >= 11 is 0. The van der Waals surface area contributed by atoms with Crippen molar-refractivity contribution in [3.8, 4) is 5.75 Å². The molecule has 0 aliphatic heterocycles. The summed E-state index contributed by atoms with van der Waals surface area (Å²) < 4.78 is 44.4. The highest BCUT2D eigenvalue weighted by Gasteiger charge is 2.30. The van der Waals surface area contributed by atoms with Gasteiger partial charge in [-0.1, -0.05) is 55.5 Å². The summed E-state index contributed by atoms with van der Waals surface area (Å²) in [7, 11) is 0. The van der Waals surface area contributed by atoms with E-state index in [1.165, 1.54) is 17.7 Å². The quantitative estimate of drug-likeness (QED) is 0.156. The first-order valence-electron chi connectivity index (χ1n) is 10.3. The molecule has 4 heteroatoms. The van der Waals surface area contributed by atoms with E-state index in [9.17, 15) is 13.2 Å². The SMILES string of the molecule is C=C=C(/C=C(/C)CCC(=C)CCC)C(=C=C(C)/C=C\C)Oc1ccc(C(F)(F)F)cc1. The van der Waals surface area contributed by atoms with Crippen molar-refractivity contribution in [3.63, 3.8) is 0 Å². The van der Waals surface area contributed by atoms with Crippen LogP contribution in [0.15, 0.2) is 95.2 Å². The first-order valence-corrected chi connectivity index (χ1v) is 10.3. The van der Waals surface area contributed by atoms with Crippen LogP contribution < -0.4 is 4.74 Å². The predicted octanol–water partition coefficient (Wildman–Crippen LogP) is 8.88. The lowest BCUT2D eigenvalue weighted by Crippen LogP contribution is -2.04. The second-order valence-corrected chi connectivity index (χ2v) is 7.34. The molecule has 0 atom stereocenters. The largest absolute Gasteiger partial charge is 0.448 e. The molecule has 166 valence electrons. The number of ether oxygens (including phenoxy) is 1. The zero-order valence-corrected chi connectivity index (χ0v) is 18.8. The van der Waals surface area contributed by atoms with Gasteiger partial charge in [0.1, 0.15) is 5.75 Å². The molecule has 0 bridgehead atoms. The van der Waals surface area contributed by atoms with Crippen LogP contribution in [0.2, 0.25) is 0 Å². The van der Waals surface area contributed by atoms with Gasteiger partial charge in [0, 0.05) is 0 Å². The summed E-state index contributed by atoms with van der Waals surface area (Å²) in [5.74, 6) is 0.621. The van der Waals surface area contributed by atoms with Crippen LogP contribution in [0.25, 0.3) is 0 Å². The van der Waals surface area contributed by atoms with Crippen LogP contribution in [0.5, 0.6) is 5.75 Å². The average molecular weight is 429 g/mol. The van der Waals surface area contributed by atoms with E-state index in [-0.39, 0.29) is 5.75 Å². The summed E-state index contributed by atoms with van der Waals surface area (Å²) in [6.07, 6.45) is 5.07. The fourth-order valence-corrected chi connectivity index (χ4v) is 2.82. The number of alkyl halides is 3. The second kappa shape index (κ2) is 12.7. The highest BCUT2D eigenvalue weighted by molar-refractivity contribution is 5.41. The van der Waals surface area contributed by atoms with Gasteiger partial charge >= 0.3 is 6.18 Å². The molecule has 0 saturated heterocycles. The van der Waals surface area contributed by atoms with Crippen molar-refractivity contribution in [1.82, 2.24) is 0 Å². The van der Waals surface area contributed by atoms with E-state index < -0.39 is 11.7 Å². The van der Waals surface area contributed by atoms with Crippen molar-refractivity contribution in [2.24, 2.45) is 0 Å². The molecular formula is C27H31F3O. The molecule has 0 heterocycles. The zero-order chi connectivity index (χ0) is 23.4. The van der Waals surface area contributed by atoms with Crippen LogP contribution in [0, 0.1) is 0 Å². The van der Waals surface area contributed by atoms with Gasteiger partial charge in [-0.15, -0.1) is 5.73 Å². The van der Waals surface area contributed by atoms with Gasteiger partial charge in [0.15, 0.2) is 5.76 Å². The van der Waals surface area contributed by atoms with Crippen molar-refractivity contribution >= 4 is 0 Å². The van der Waals surface area contributed by atoms with Crippen LogP contribution >= 0.6 is 0 Å². The third kappa shape index (κ3) is 9.61. The number of rotatable bonds is 10. The number of allylic oxidation sites excluding steroid dienone is 5. The molecule has 1 nitrogen and oxygen atoms in total. The predicted molar refractivity (Wildman–Crippen MR) is 123 cm³/mol. The minimum absolute atomic E-state index is 0.277. The van der Waals surface area contributed by atoms with Crippen molar-refractivity contribution in [1.29, 1.82) is 0 Å². The zero-order valence-electron chi connectivity index (χ0n) is 18.8. The third-order valence-corrected chi connectivity index (χ3v) is 4.43. The van der Waals surface area contributed by atoms with E-state index in [4.69, 9.17) is 4.74 Å². The topological polar surface area (TPSA) is 9.23 Å². The Balaban J connectivity index is 3.23. The summed E-state index contributed by atoms with van der Waals surface area (Å²) in [5.41, 5.74) is 9.00. The standard InChI is InChI=1S/C27H31F3O/c1-7-10-20(4)12-13-22(6)18-23(9-3)26(19-21(5)11-8-2)31-25-16-14-24(15-17-25)27(28,29)30/h8,11,14-18H,3-4,7,10,12-13H2,1-2,5-6H3/b11-8-,22-18-. The summed E-state index contributed by atoms with van der Waals surface area (Å²) in [6.45, 7) is 15.7. The third-order valence-electron chi connectivity index (χ3n) is 4.43. The molecule has 0 amide bonds. The van der Waals surface area contributed by atoms with Gasteiger partial charge in [0.05, 0.1) is 11.1 Å². The van der Waals surface area contributed by atoms with Crippen molar-refractivity contribution in [2.45, 2.75) is 59.6 Å². The summed E-state index contributed by atoms with van der Waals surface area (Å²) in [4.78, 5) is 0. The second-order valence-electron chi connectivity index (χ2n) is 7.34. The van der Waals surface area contributed by atoms with Gasteiger partial charge < -0.3 is 4.74 Å². The number of benzene rings is 1. The Morgan fingerprint density at radius 1 is 1.10 bits per heavy atom. The van der Waals surface area contributed by atoms with Crippen LogP contribution in [0.3, 0.4) is 0 Å². The normalized spacial score (nSPS) is 11.6. The first kappa shape index (κ1) is 26.1. The summed E-state index contributed by atoms with van der Waals surface area (Å²) in [5, 5.41) is 0. The van der Waals surface area contributed by atoms with E-state index >= 15 is 0 Å². The molecular weight excluding hydrogens is 397 g/mol. The molecule has 0 fully saturated rings. The van der Waals surface area contributed by atoms with E-state index in [0.29, 0.717) is 11.3 Å². The fraction of sp³-hybridized carbons (Fsp3) is 0.333. The van der Waals surface area contributed by atoms with E-state index in [1.807, 2.05) is 39.0 Å². The Morgan fingerprint density at radius 3 is 2.26 bits per heavy atom. The van der Waals surface area contributed by atoms with Gasteiger partial charge in [0.25, 0.3) is 0 Å². The lowest BCUT2D eigenvalue weighted by molar-refractivity contribution is -0.137. The molecule has 0 aliphatic carbocycles. The number of hydrogen-bond acceptors (Lipinski definition) is 1. The van der Waals surface area contributed by atoms with Gasteiger partial charge in [-0.3, -0.25) is 0 Å². The molecule has 0 unspecified atom stereocenters. The average Bonchev–Trinajstić information content (AvgIpc) is 2.70. The minimum atomic E-state index is -4.40. The Labute approximate surface area is 184 Å². The Kier molecular flexibility index (Phi) is 10.7. The van der Waals surface area contributed by atoms with Crippen molar-refractivity contribution in [3.05, 3.63) is 101 Å². The van der Waals surface area contributed by atoms with Crippen molar-refractivity contribution < 1.29 is 17.9 Å². The lowest BCUT2D eigenvalue weighted by atomic mass is 10.0. The molecule has 0 spiro atoms. The van der Waals surface area contributed by atoms with Crippen LogP contribution in [-0.2, 0) is 6.18 Å². The fourth-order valence-electron chi connectivity index (χ4n) is 2.82. The summed E-state index contributed by atoms with van der Waals surface area (Å²) in [6, 6.07) is 4.57. The molecule has 0 saturated carbocycles. The Morgan fingerprint density at radius 2 is 1.74 bits per heavy atom. The first-order chi connectivity index (χ1) is 14.6. The van der Waals surface area contributed by atoms with Gasteiger partial charge in [-0.05, 0) is 75.9 Å². The highest BCUT2D eigenvalue weighted by Crippen LogP contribution is 2.31. The maximum absolute atomic E-state index is 12.8. The van der Waals surface area contributed by atoms with Crippen molar-refractivity contribution in [2.75, 3.05) is 0 Å². The smallest absolute Gasteiger partial charge is 0.416 e. The molecule has 31 heavy (non-hydrogen) atoms. The van der Waals surface area contributed by atoms with E-state index in [2.05, 4.69) is 31.5 Å². The molecule has 0 radical (unpaired) electrons. The molecule has 1 aromatic carbocycles. The molecule has 1 rings (SSSR count). The molecule has 0 aromatic heterocycles. The number of halogens is 3. The van der Waals surface area contributed by atoms with Gasteiger partial charge in [-0.25, -0.2) is 0 Å². The van der Waals surface area contributed by atoms with Gasteiger partial charge in [0.2, 0.25) is 0 Å². The van der Waals surface area contributed by atoms with Crippen LogP contribution in [-0.4, -0.2) is 0 Å². The highest BCUT2D eigenvalue weighted by atomic mass is 19.4. The lowest BCUT2D eigenvalue weighted by Gasteiger charge is -2.11. The maximum atomic E-state index is 12.8. The monoisotopic (exact) mass is 428 g/mol.